The van der Waals surface area contributed by atoms with Gasteiger partial charge in [-0.1, -0.05) is 38.1 Å². The molecule has 0 N–H and O–H groups in total. The fraction of sp³-hybridized carbons (Fsp3) is 0.435. The molecule has 0 fully saturated rings. The molecule has 1 atom stereocenters. The summed E-state index contributed by atoms with van der Waals surface area (Å²) >= 11 is 1.59. The van der Waals surface area contributed by atoms with Crippen LogP contribution in [-0.2, 0) is 14.3 Å². The number of thiophene rings is 1. The molecule has 0 bridgehead atoms. The standard InChI is InChI=1S/C23H29N3O4S/c1-16(2)23(28)25(11-12-29-3)15-22(27)26-19(17-8-5-6-9-20(17)30-4)14-18(24-26)21-10-7-13-31-21/h5-10,13,16,19H,11-12,14-15H2,1-4H3/t19-/m0/s1. The number of carbonyl (C=O) groups is 2. The number of carbonyl (C=O) groups excluding carboxylic acids is 2. The predicted octanol–water partition coefficient (Wildman–Crippen LogP) is 3.57. The summed E-state index contributed by atoms with van der Waals surface area (Å²) in [7, 11) is 3.20. The lowest BCUT2D eigenvalue weighted by atomic mass is 10.00. The van der Waals surface area contributed by atoms with E-state index < -0.39 is 0 Å². The molecule has 8 heteroatoms. The largest absolute Gasteiger partial charge is 0.496 e. The van der Waals surface area contributed by atoms with Crippen LogP contribution in [0.5, 0.6) is 5.75 Å². The van der Waals surface area contributed by atoms with E-state index in [-0.39, 0.29) is 30.3 Å². The monoisotopic (exact) mass is 443 g/mol. The molecule has 0 saturated carbocycles. The second-order valence-electron chi connectivity index (χ2n) is 7.63. The normalized spacial score (nSPS) is 15.8. The van der Waals surface area contributed by atoms with Gasteiger partial charge in [-0.05, 0) is 17.5 Å². The van der Waals surface area contributed by atoms with Crippen LogP contribution < -0.4 is 4.74 Å². The van der Waals surface area contributed by atoms with Crippen LogP contribution >= 0.6 is 11.3 Å². The fourth-order valence-electron chi connectivity index (χ4n) is 3.59. The summed E-state index contributed by atoms with van der Waals surface area (Å²) < 4.78 is 10.7. The van der Waals surface area contributed by atoms with Crippen molar-refractivity contribution in [1.82, 2.24) is 9.91 Å². The van der Waals surface area contributed by atoms with Crippen LogP contribution in [0.2, 0.25) is 0 Å². The van der Waals surface area contributed by atoms with E-state index >= 15 is 0 Å². The van der Waals surface area contributed by atoms with Crippen molar-refractivity contribution in [3.05, 3.63) is 52.2 Å². The maximum atomic E-state index is 13.4. The predicted molar refractivity (Wildman–Crippen MR) is 121 cm³/mol. The van der Waals surface area contributed by atoms with Crippen LogP contribution in [0.4, 0.5) is 0 Å². The Morgan fingerprint density at radius 1 is 1.23 bits per heavy atom. The molecule has 1 aromatic carbocycles. The third-order valence-corrected chi connectivity index (χ3v) is 6.09. The highest BCUT2D eigenvalue weighted by molar-refractivity contribution is 7.12. The minimum atomic E-state index is -0.292. The Kier molecular flexibility index (Phi) is 7.81. The first-order valence-corrected chi connectivity index (χ1v) is 11.2. The average molecular weight is 444 g/mol. The second-order valence-corrected chi connectivity index (χ2v) is 8.58. The average Bonchev–Trinajstić information content (AvgIpc) is 3.45. The molecule has 2 aromatic rings. The lowest BCUT2D eigenvalue weighted by Gasteiger charge is -2.28. The van der Waals surface area contributed by atoms with Crippen molar-refractivity contribution in [2.45, 2.75) is 26.3 Å². The zero-order chi connectivity index (χ0) is 22.4. The van der Waals surface area contributed by atoms with E-state index in [4.69, 9.17) is 9.47 Å². The van der Waals surface area contributed by atoms with Crippen LogP contribution in [0.3, 0.4) is 0 Å². The molecule has 1 aliphatic rings. The van der Waals surface area contributed by atoms with E-state index in [1.54, 1.807) is 30.5 Å². The molecule has 31 heavy (non-hydrogen) atoms. The van der Waals surface area contributed by atoms with Gasteiger partial charge < -0.3 is 14.4 Å². The van der Waals surface area contributed by atoms with Crippen molar-refractivity contribution >= 4 is 28.9 Å². The Hall–Kier alpha value is -2.71. The van der Waals surface area contributed by atoms with E-state index in [2.05, 4.69) is 5.10 Å². The molecule has 2 heterocycles. The van der Waals surface area contributed by atoms with E-state index in [1.165, 1.54) is 5.01 Å². The van der Waals surface area contributed by atoms with Gasteiger partial charge in [-0.25, -0.2) is 5.01 Å². The molecule has 0 spiro atoms. The van der Waals surface area contributed by atoms with Crippen molar-refractivity contribution in [2.24, 2.45) is 11.0 Å². The summed E-state index contributed by atoms with van der Waals surface area (Å²) in [6, 6.07) is 11.4. The number of para-hydroxylation sites is 1. The van der Waals surface area contributed by atoms with Gasteiger partial charge in [-0.15, -0.1) is 11.3 Å². The number of amides is 2. The van der Waals surface area contributed by atoms with Gasteiger partial charge in [0.2, 0.25) is 5.91 Å². The van der Waals surface area contributed by atoms with E-state index in [0.29, 0.717) is 25.3 Å². The molecular weight excluding hydrogens is 414 g/mol. The quantitative estimate of drug-likeness (QED) is 0.594. The van der Waals surface area contributed by atoms with E-state index in [9.17, 15) is 9.59 Å². The molecule has 2 amide bonds. The van der Waals surface area contributed by atoms with Crippen LogP contribution in [0.25, 0.3) is 0 Å². The summed E-state index contributed by atoms with van der Waals surface area (Å²) in [6.45, 7) is 4.33. The summed E-state index contributed by atoms with van der Waals surface area (Å²) in [4.78, 5) is 28.6. The molecule has 1 aliphatic heterocycles. The van der Waals surface area contributed by atoms with E-state index in [0.717, 1.165) is 16.2 Å². The minimum absolute atomic E-state index is 0.0484. The smallest absolute Gasteiger partial charge is 0.262 e. The topological polar surface area (TPSA) is 71.4 Å². The maximum Gasteiger partial charge on any atom is 0.262 e. The highest BCUT2D eigenvalue weighted by Crippen LogP contribution is 2.38. The molecule has 0 unspecified atom stereocenters. The number of hydrazone groups is 1. The number of methoxy groups -OCH3 is 2. The third-order valence-electron chi connectivity index (χ3n) is 5.17. The molecule has 3 rings (SSSR count). The minimum Gasteiger partial charge on any atom is -0.496 e. The zero-order valence-corrected chi connectivity index (χ0v) is 19.2. The summed E-state index contributed by atoms with van der Waals surface area (Å²) in [6.07, 6.45) is 0.586. The summed E-state index contributed by atoms with van der Waals surface area (Å²) in [5.41, 5.74) is 1.75. The van der Waals surface area contributed by atoms with Gasteiger partial charge in [0.05, 0.1) is 30.3 Å². The Labute approximate surface area is 187 Å². The van der Waals surface area contributed by atoms with Gasteiger partial charge >= 0.3 is 0 Å². The zero-order valence-electron chi connectivity index (χ0n) is 18.4. The van der Waals surface area contributed by atoms with Crippen molar-refractivity contribution in [2.75, 3.05) is 33.9 Å². The maximum absolute atomic E-state index is 13.4. The second kappa shape index (κ2) is 10.5. The number of rotatable bonds is 9. The molecule has 0 radical (unpaired) electrons. The van der Waals surface area contributed by atoms with Crippen molar-refractivity contribution in [3.63, 3.8) is 0 Å². The van der Waals surface area contributed by atoms with Crippen molar-refractivity contribution in [1.29, 1.82) is 0 Å². The van der Waals surface area contributed by atoms with Crippen LogP contribution in [0.1, 0.15) is 36.8 Å². The third kappa shape index (κ3) is 5.32. The fourth-order valence-corrected chi connectivity index (χ4v) is 4.31. The highest BCUT2D eigenvalue weighted by atomic mass is 32.1. The van der Waals surface area contributed by atoms with Crippen LogP contribution in [-0.4, -0.2) is 61.4 Å². The first-order chi connectivity index (χ1) is 15.0. The lowest BCUT2D eigenvalue weighted by Crippen LogP contribution is -2.44. The Morgan fingerprint density at radius 3 is 2.65 bits per heavy atom. The lowest BCUT2D eigenvalue weighted by molar-refractivity contribution is -0.143. The van der Waals surface area contributed by atoms with Crippen LogP contribution in [0.15, 0.2) is 46.9 Å². The number of nitrogens with zero attached hydrogens (tertiary/aromatic N) is 3. The Balaban J connectivity index is 1.90. The SMILES string of the molecule is COCCN(CC(=O)N1N=C(c2cccs2)C[C@H]1c1ccccc1OC)C(=O)C(C)C. The Morgan fingerprint density at radius 2 is 2.00 bits per heavy atom. The molecule has 0 aliphatic carbocycles. The number of ether oxygens (including phenoxy) is 2. The summed E-state index contributed by atoms with van der Waals surface area (Å²) in [5, 5.41) is 8.20. The van der Waals surface area contributed by atoms with Gasteiger partial charge in [0.25, 0.3) is 5.91 Å². The Bertz CT molecular complexity index is 927. The first-order valence-electron chi connectivity index (χ1n) is 10.3. The van der Waals surface area contributed by atoms with Crippen molar-refractivity contribution < 1.29 is 19.1 Å². The first kappa shape index (κ1) is 23.0. The van der Waals surface area contributed by atoms with Crippen LogP contribution in [0, 0.1) is 5.92 Å². The van der Waals surface area contributed by atoms with Gasteiger partial charge in [0, 0.05) is 31.6 Å². The molecule has 0 saturated heterocycles. The number of benzene rings is 1. The molecule has 7 nitrogen and oxygen atoms in total. The number of hydrogen-bond donors (Lipinski definition) is 0. The number of hydrogen-bond acceptors (Lipinski definition) is 6. The van der Waals surface area contributed by atoms with Crippen molar-refractivity contribution in [3.8, 4) is 5.75 Å². The van der Waals surface area contributed by atoms with Gasteiger partial charge in [0.15, 0.2) is 0 Å². The highest BCUT2D eigenvalue weighted by Gasteiger charge is 2.36. The molecule has 1 aromatic heterocycles. The van der Waals surface area contributed by atoms with Gasteiger partial charge in [0.1, 0.15) is 12.3 Å². The van der Waals surface area contributed by atoms with E-state index in [1.807, 2.05) is 55.6 Å². The molecular formula is C23H29N3O4S. The summed E-state index contributed by atoms with van der Waals surface area (Å²) in [5.74, 6) is 0.189. The molecule has 166 valence electrons. The van der Waals surface area contributed by atoms with Gasteiger partial charge in [-0.2, -0.15) is 5.10 Å². The van der Waals surface area contributed by atoms with Gasteiger partial charge in [-0.3, -0.25) is 9.59 Å².